The number of aromatic nitrogens is 1. The standard InChI is InChI=1S/C18H21NO3/c1-4-21-17(20)16-10-14-9-12(5-6-15(14)19-16)13-7-8-22-18(2,3)11-13/h5-6,8-10,13H,4,7,11H2,1-3H3/p+1/t13-/m1/s1. The largest absolute Gasteiger partial charge is 0.461 e. The van der Waals surface area contributed by atoms with Gasteiger partial charge in [0.05, 0.1) is 6.61 Å². The van der Waals surface area contributed by atoms with Gasteiger partial charge in [0, 0.05) is 16.8 Å². The third-order valence-corrected chi connectivity index (χ3v) is 4.13. The van der Waals surface area contributed by atoms with Crippen molar-refractivity contribution in [3.05, 3.63) is 42.1 Å². The van der Waals surface area contributed by atoms with Crippen LogP contribution in [-0.2, 0) is 9.47 Å². The zero-order chi connectivity index (χ0) is 15.7. The monoisotopic (exact) mass is 300 g/mol. The molecule has 0 aliphatic carbocycles. The molecule has 0 bridgehead atoms. The number of carbonyl (C=O) groups is 1. The normalized spacial score (nSPS) is 20.6. The van der Waals surface area contributed by atoms with Crippen LogP contribution in [0, 0.1) is 6.61 Å². The maximum atomic E-state index is 11.8. The molecule has 4 heteroatoms. The van der Waals surface area contributed by atoms with Gasteiger partial charge in [-0.15, -0.1) is 0 Å². The van der Waals surface area contributed by atoms with Gasteiger partial charge in [-0.3, -0.25) is 0 Å². The van der Waals surface area contributed by atoms with Gasteiger partial charge in [-0.25, -0.2) is 4.79 Å². The van der Waals surface area contributed by atoms with Gasteiger partial charge in [0.25, 0.3) is 0 Å². The molecule has 1 aliphatic rings. The second-order valence-corrected chi connectivity index (χ2v) is 6.43. The first-order valence-corrected chi connectivity index (χ1v) is 7.78. The predicted molar refractivity (Wildman–Crippen MR) is 85.7 cm³/mol. The molecule has 0 radical (unpaired) electrons. The van der Waals surface area contributed by atoms with Crippen LogP contribution < -0.4 is 0 Å². The number of aromatic amines is 1. The molecule has 1 aliphatic heterocycles. The number of rotatable bonds is 3. The minimum absolute atomic E-state index is 0.119. The maximum absolute atomic E-state index is 11.8. The topological polar surface area (TPSA) is 51.3 Å². The van der Waals surface area contributed by atoms with E-state index >= 15 is 0 Å². The Hall–Kier alpha value is -1.94. The average Bonchev–Trinajstić information content (AvgIpc) is 2.89. The zero-order valence-corrected chi connectivity index (χ0v) is 13.3. The summed E-state index contributed by atoms with van der Waals surface area (Å²) in [6, 6.07) is 8.20. The molecule has 1 aromatic heterocycles. The van der Waals surface area contributed by atoms with Crippen molar-refractivity contribution >= 4 is 16.9 Å². The van der Waals surface area contributed by atoms with Crippen LogP contribution in [0.5, 0.6) is 0 Å². The van der Waals surface area contributed by atoms with Gasteiger partial charge >= 0.3 is 5.97 Å². The van der Waals surface area contributed by atoms with Crippen LogP contribution in [0.4, 0.5) is 0 Å². The molecule has 3 rings (SSSR count). The summed E-state index contributed by atoms with van der Waals surface area (Å²) in [5.74, 6) is 0.148. The van der Waals surface area contributed by atoms with E-state index in [9.17, 15) is 4.79 Å². The van der Waals surface area contributed by atoms with E-state index in [0.717, 1.165) is 23.7 Å². The smallest absolute Gasteiger partial charge is 0.354 e. The van der Waals surface area contributed by atoms with E-state index in [2.05, 4.69) is 31.0 Å². The molecule has 0 unspecified atom stereocenters. The fourth-order valence-electron chi connectivity index (χ4n) is 3.09. The van der Waals surface area contributed by atoms with Crippen LogP contribution in [-0.4, -0.2) is 23.2 Å². The number of benzene rings is 1. The van der Waals surface area contributed by atoms with Crippen LogP contribution in [0.15, 0.2) is 24.3 Å². The van der Waals surface area contributed by atoms with E-state index in [4.69, 9.17) is 9.47 Å². The van der Waals surface area contributed by atoms with Crippen LogP contribution in [0.25, 0.3) is 10.9 Å². The molecule has 22 heavy (non-hydrogen) atoms. The number of nitrogens with one attached hydrogen (secondary N) is 1. The van der Waals surface area contributed by atoms with Crippen molar-refractivity contribution in [1.29, 1.82) is 0 Å². The fourth-order valence-corrected chi connectivity index (χ4v) is 3.09. The second-order valence-electron chi connectivity index (χ2n) is 6.43. The van der Waals surface area contributed by atoms with E-state index < -0.39 is 0 Å². The van der Waals surface area contributed by atoms with E-state index in [1.807, 2.05) is 25.7 Å². The summed E-state index contributed by atoms with van der Waals surface area (Å²) >= 11 is 0. The molecular formula is C18H22NO3+. The Kier molecular flexibility index (Phi) is 3.87. The summed E-state index contributed by atoms with van der Waals surface area (Å²) in [6.45, 7) is 8.33. The lowest BCUT2D eigenvalue weighted by atomic mass is 9.83. The molecule has 1 fully saturated rings. The molecular weight excluding hydrogens is 278 g/mol. The van der Waals surface area contributed by atoms with Crippen molar-refractivity contribution in [2.24, 2.45) is 0 Å². The maximum Gasteiger partial charge on any atom is 0.354 e. The number of esters is 1. The number of H-pyrrole nitrogens is 1. The summed E-state index contributed by atoms with van der Waals surface area (Å²) in [7, 11) is 0. The Labute approximate surface area is 130 Å². The lowest BCUT2D eigenvalue weighted by Crippen LogP contribution is -2.30. The first-order valence-electron chi connectivity index (χ1n) is 7.78. The van der Waals surface area contributed by atoms with Gasteiger partial charge in [-0.1, -0.05) is 6.07 Å². The SMILES string of the molecule is CCOC(=O)c1cc2cc([C@@H]3C[CH+]OC(C)(C)C3)ccc2[nH]1. The lowest BCUT2D eigenvalue weighted by Gasteiger charge is -2.28. The highest BCUT2D eigenvalue weighted by Gasteiger charge is 2.36. The summed E-state index contributed by atoms with van der Waals surface area (Å²) in [6.07, 6.45) is 1.91. The van der Waals surface area contributed by atoms with E-state index in [1.165, 1.54) is 5.56 Å². The summed E-state index contributed by atoms with van der Waals surface area (Å²) < 4.78 is 10.7. The van der Waals surface area contributed by atoms with Gasteiger partial charge in [0.2, 0.25) is 6.61 Å². The van der Waals surface area contributed by atoms with Gasteiger partial charge in [-0.2, -0.15) is 4.74 Å². The van der Waals surface area contributed by atoms with Crippen LogP contribution in [0.3, 0.4) is 0 Å². The molecule has 1 N–H and O–H groups in total. The van der Waals surface area contributed by atoms with Gasteiger partial charge < -0.3 is 9.72 Å². The van der Waals surface area contributed by atoms with Crippen molar-refractivity contribution in [2.75, 3.05) is 6.61 Å². The predicted octanol–water partition coefficient (Wildman–Crippen LogP) is 4.18. The molecule has 0 amide bonds. The Morgan fingerprint density at radius 3 is 3.00 bits per heavy atom. The summed E-state index contributed by atoms with van der Waals surface area (Å²) in [4.78, 5) is 14.9. The molecule has 2 heterocycles. The minimum atomic E-state index is -0.305. The van der Waals surface area contributed by atoms with Crippen molar-refractivity contribution in [2.45, 2.75) is 45.1 Å². The first-order chi connectivity index (χ1) is 10.5. The molecule has 0 spiro atoms. The van der Waals surface area contributed by atoms with E-state index in [1.54, 1.807) is 0 Å². The van der Waals surface area contributed by atoms with Crippen molar-refractivity contribution < 1.29 is 14.3 Å². The highest BCUT2D eigenvalue weighted by molar-refractivity contribution is 5.95. The highest BCUT2D eigenvalue weighted by atomic mass is 16.5. The Morgan fingerprint density at radius 2 is 2.27 bits per heavy atom. The fraction of sp³-hybridized carbons (Fsp3) is 0.444. The molecule has 2 aromatic rings. The molecule has 116 valence electrons. The first kappa shape index (κ1) is 15.0. The third-order valence-electron chi connectivity index (χ3n) is 4.13. The van der Waals surface area contributed by atoms with Gasteiger partial charge in [0.1, 0.15) is 17.7 Å². The van der Waals surface area contributed by atoms with Crippen LogP contribution >= 0.6 is 0 Å². The van der Waals surface area contributed by atoms with Gasteiger partial charge in [-0.05, 0) is 51.0 Å². The van der Waals surface area contributed by atoms with Crippen molar-refractivity contribution in [3.63, 3.8) is 0 Å². The Bertz CT molecular complexity index is 687. The molecule has 0 saturated carbocycles. The molecule has 1 aromatic carbocycles. The Morgan fingerprint density at radius 1 is 1.45 bits per heavy atom. The minimum Gasteiger partial charge on any atom is -0.461 e. The zero-order valence-electron chi connectivity index (χ0n) is 13.3. The molecule has 4 nitrogen and oxygen atoms in total. The average molecular weight is 300 g/mol. The second kappa shape index (κ2) is 5.69. The molecule has 1 atom stereocenters. The number of hydrogen-bond donors (Lipinski definition) is 1. The summed E-state index contributed by atoms with van der Waals surface area (Å²) in [5, 5.41) is 1.05. The summed E-state index contributed by atoms with van der Waals surface area (Å²) in [5.41, 5.74) is 2.64. The quantitative estimate of drug-likeness (QED) is 0.683. The van der Waals surface area contributed by atoms with Crippen LogP contribution in [0.2, 0.25) is 0 Å². The van der Waals surface area contributed by atoms with E-state index in [-0.39, 0.29) is 11.6 Å². The number of hydrogen-bond acceptors (Lipinski definition) is 3. The lowest BCUT2D eigenvalue weighted by molar-refractivity contribution is -0.0184. The number of ether oxygens (including phenoxy) is 2. The van der Waals surface area contributed by atoms with E-state index in [0.29, 0.717) is 18.2 Å². The molecule has 1 saturated heterocycles. The highest BCUT2D eigenvalue weighted by Crippen LogP contribution is 2.38. The van der Waals surface area contributed by atoms with Gasteiger partial charge in [0.15, 0.2) is 0 Å². The third kappa shape index (κ3) is 2.97. The Balaban J connectivity index is 1.88. The van der Waals surface area contributed by atoms with Crippen molar-refractivity contribution in [1.82, 2.24) is 4.98 Å². The van der Waals surface area contributed by atoms with Crippen LogP contribution in [0.1, 0.15) is 55.6 Å². The van der Waals surface area contributed by atoms with Crippen molar-refractivity contribution in [3.8, 4) is 0 Å². The number of carbonyl (C=O) groups excluding carboxylic acids is 1. The number of fused-ring (bicyclic) bond motifs is 1.